The first-order chi connectivity index (χ1) is 13.5. The topological polar surface area (TPSA) is 71.8 Å². The molecule has 0 saturated carbocycles. The summed E-state index contributed by atoms with van der Waals surface area (Å²) < 4.78 is 30.2. The van der Waals surface area contributed by atoms with Crippen LogP contribution in [0.2, 0.25) is 10.0 Å². The first-order valence-corrected chi connectivity index (χ1v) is 9.36. The summed E-state index contributed by atoms with van der Waals surface area (Å²) in [7, 11) is 0. The molecule has 1 aliphatic rings. The van der Waals surface area contributed by atoms with E-state index in [0.717, 1.165) is 18.9 Å². The normalized spacial score (nSPS) is 13.9. The zero-order valence-corrected chi connectivity index (χ0v) is 16.1. The van der Waals surface area contributed by atoms with Crippen LogP contribution in [0, 0.1) is 11.8 Å². The van der Waals surface area contributed by atoms with Gasteiger partial charge in [0.1, 0.15) is 0 Å². The summed E-state index contributed by atoms with van der Waals surface area (Å²) >= 11 is 12.2. The fraction of sp³-hybridized carbons (Fsp3) is 0.294. The van der Waals surface area contributed by atoms with Gasteiger partial charge >= 0.3 is 0 Å². The molecule has 1 aliphatic heterocycles. The van der Waals surface area contributed by atoms with Gasteiger partial charge in [-0.25, -0.2) is 4.39 Å². The van der Waals surface area contributed by atoms with Crippen molar-refractivity contribution in [2.75, 3.05) is 23.3 Å². The van der Waals surface area contributed by atoms with Gasteiger partial charge in [0.25, 0.3) is 0 Å². The third kappa shape index (κ3) is 3.59. The highest BCUT2D eigenvalue weighted by molar-refractivity contribution is 6.43. The van der Waals surface area contributed by atoms with Crippen LogP contribution in [-0.2, 0) is 6.54 Å². The van der Waals surface area contributed by atoms with Crippen LogP contribution < -0.4 is 10.2 Å². The maximum atomic E-state index is 14.4. The van der Waals surface area contributed by atoms with E-state index < -0.39 is 11.8 Å². The van der Waals surface area contributed by atoms with Crippen LogP contribution in [0.25, 0.3) is 5.69 Å². The zero-order chi connectivity index (χ0) is 19.7. The molecule has 4 rings (SSSR count). The summed E-state index contributed by atoms with van der Waals surface area (Å²) in [6.45, 7) is 1.29. The van der Waals surface area contributed by atoms with Crippen molar-refractivity contribution >= 4 is 35.0 Å². The molecule has 1 aromatic carbocycles. The van der Waals surface area contributed by atoms with Crippen molar-refractivity contribution in [2.45, 2.75) is 19.4 Å². The van der Waals surface area contributed by atoms with Crippen LogP contribution in [0.1, 0.15) is 18.4 Å². The molecule has 146 valence electrons. The quantitative estimate of drug-likeness (QED) is 0.625. The Kier molecular flexibility index (Phi) is 5.27. The maximum absolute atomic E-state index is 14.4. The van der Waals surface area contributed by atoms with Crippen molar-refractivity contribution in [3.05, 3.63) is 51.6 Å². The summed E-state index contributed by atoms with van der Waals surface area (Å²) in [5.74, 6) is -1.05. The Labute approximate surface area is 169 Å². The average Bonchev–Trinajstić information content (AvgIpc) is 3.36. The number of tetrazole rings is 1. The van der Waals surface area contributed by atoms with E-state index in [9.17, 15) is 8.78 Å². The van der Waals surface area contributed by atoms with Crippen LogP contribution in [0.15, 0.2) is 24.3 Å². The van der Waals surface area contributed by atoms with E-state index in [1.807, 2.05) is 0 Å². The number of nitrogens with zero attached hydrogens (tertiary/aromatic N) is 6. The van der Waals surface area contributed by atoms with Crippen molar-refractivity contribution in [3.63, 3.8) is 0 Å². The number of hydrogen-bond acceptors (Lipinski definition) is 6. The second kappa shape index (κ2) is 7.84. The summed E-state index contributed by atoms with van der Waals surface area (Å²) in [4.78, 5) is 5.56. The maximum Gasteiger partial charge on any atom is 0.248 e. The first kappa shape index (κ1) is 18.8. The van der Waals surface area contributed by atoms with Crippen molar-refractivity contribution in [2.24, 2.45) is 0 Å². The smallest absolute Gasteiger partial charge is 0.248 e. The van der Waals surface area contributed by atoms with Gasteiger partial charge in [-0.1, -0.05) is 34.4 Å². The molecule has 7 nitrogen and oxygen atoms in total. The molecule has 1 fully saturated rings. The van der Waals surface area contributed by atoms with Gasteiger partial charge in [-0.15, -0.1) is 0 Å². The monoisotopic (exact) mass is 425 g/mol. The van der Waals surface area contributed by atoms with E-state index >= 15 is 0 Å². The molecule has 0 atom stereocenters. The minimum absolute atomic E-state index is 0.0503. The lowest BCUT2D eigenvalue weighted by Crippen LogP contribution is -2.21. The Morgan fingerprint density at radius 1 is 1.14 bits per heavy atom. The van der Waals surface area contributed by atoms with Gasteiger partial charge in [-0.05, 0) is 41.5 Å². The Morgan fingerprint density at radius 3 is 2.71 bits per heavy atom. The molecule has 0 bridgehead atoms. The van der Waals surface area contributed by atoms with Gasteiger partial charge in [0.05, 0.1) is 15.7 Å². The van der Waals surface area contributed by atoms with Crippen LogP contribution in [0.3, 0.4) is 0 Å². The molecule has 0 amide bonds. The van der Waals surface area contributed by atoms with Crippen molar-refractivity contribution < 1.29 is 8.78 Å². The van der Waals surface area contributed by atoms with E-state index in [2.05, 4.69) is 25.8 Å². The molecule has 0 spiro atoms. The molecular weight excluding hydrogens is 411 g/mol. The second-order valence-electron chi connectivity index (χ2n) is 6.28. The molecule has 3 aromatic rings. The zero-order valence-electron chi connectivity index (χ0n) is 14.5. The lowest BCUT2D eigenvalue weighted by molar-refractivity contribution is 0.543. The number of pyridine rings is 1. The largest absolute Gasteiger partial charge is 0.354 e. The van der Waals surface area contributed by atoms with E-state index in [-0.39, 0.29) is 28.9 Å². The van der Waals surface area contributed by atoms with Gasteiger partial charge in [0.15, 0.2) is 11.6 Å². The van der Waals surface area contributed by atoms with E-state index in [4.69, 9.17) is 23.2 Å². The third-order valence-electron chi connectivity index (χ3n) is 4.46. The Hall–Kier alpha value is -2.52. The molecule has 1 saturated heterocycles. The predicted molar refractivity (Wildman–Crippen MR) is 102 cm³/mol. The Balaban J connectivity index is 1.55. The first-order valence-electron chi connectivity index (χ1n) is 8.61. The van der Waals surface area contributed by atoms with Crippen molar-refractivity contribution in [1.82, 2.24) is 25.2 Å². The third-order valence-corrected chi connectivity index (χ3v) is 5.26. The fourth-order valence-electron chi connectivity index (χ4n) is 3.06. The summed E-state index contributed by atoms with van der Waals surface area (Å²) in [6, 6.07) is 6.16. The van der Waals surface area contributed by atoms with Crippen molar-refractivity contribution in [1.29, 1.82) is 0 Å². The predicted octanol–water partition coefficient (Wildman–Crippen LogP) is 3.85. The number of halogens is 4. The van der Waals surface area contributed by atoms with E-state index in [0.29, 0.717) is 23.8 Å². The summed E-state index contributed by atoms with van der Waals surface area (Å²) in [5, 5.41) is 14.8. The molecule has 28 heavy (non-hydrogen) atoms. The highest BCUT2D eigenvalue weighted by Crippen LogP contribution is 2.29. The van der Waals surface area contributed by atoms with Gasteiger partial charge < -0.3 is 10.2 Å². The molecule has 1 N–H and O–H groups in total. The van der Waals surface area contributed by atoms with E-state index in [1.165, 1.54) is 4.68 Å². The summed E-state index contributed by atoms with van der Waals surface area (Å²) in [5.41, 5.74) is 0.517. The van der Waals surface area contributed by atoms with Gasteiger partial charge in [0.2, 0.25) is 11.9 Å². The van der Waals surface area contributed by atoms with Crippen LogP contribution in [0.5, 0.6) is 0 Å². The lowest BCUT2D eigenvalue weighted by Gasteiger charge is -2.18. The average molecular weight is 426 g/mol. The van der Waals surface area contributed by atoms with Crippen LogP contribution in [0.4, 0.5) is 20.5 Å². The minimum Gasteiger partial charge on any atom is -0.354 e. The molecule has 2 aromatic heterocycles. The van der Waals surface area contributed by atoms with E-state index in [1.54, 1.807) is 23.1 Å². The lowest BCUT2D eigenvalue weighted by atomic mass is 10.2. The SMILES string of the molecule is Fc1cc(CNc2nnnn2-c2cccc(Cl)c2Cl)c(F)nc1N1CCCC1. The molecule has 0 radical (unpaired) electrons. The van der Waals surface area contributed by atoms with Crippen LogP contribution >= 0.6 is 23.2 Å². The highest BCUT2D eigenvalue weighted by Gasteiger charge is 2.21. The molecule has 0 unspecified atom stereocenters. The highest BCUT2D eigenvalue weighted by atomic mass is 35.5. The Bertz CT molecular complexity index is 1010. The number of hydrogen-bond donors (Lipinski definition) is 1. The number of rotatable bonds is 5. The van der Waals surface area contributed by atoms with Gasteiger partial charge in [0, 0.05) is 25.2 Å². The standard InChI is InChI=1S/C17H15Cl2F2N7/c18-11-4-3-5-13(14(11)19)28-17(24-25-26-28)22-9-10-8-12(20)16(23-15(10)21)27-6-1-2-7-27/h3-5,8H,1-2,6-7,9H2,(H,22,24,26). The minimum atomic E-state index is -0.740. The fourth-order valence-corrected chi connectivity index (χ4v) is 3.44. The number of nitrogens with one attached hydrogen (secondary N) is 1. The van der Waals surface area contributed by atoms with Gasteiger partial charge in [-0.2, -0.15) is 14.1 Å². The Morgan fingerprint density at radius 2 is 1.93 bits per heavy atom. The molecule has 3 heterocycles. The second-order valence-corrected chi connectivity index (χ2v) is 7.06. The number of aromatic nitrogens is 5. The molecular formula is C17H15Cl2F2N7. The van der Waals surface area contributed by atoms with Gasteiger partial charge in [-0.3, -0.25) is 0 Å². The number of anilines is 2. The molecule has 11 heteroatoms. The van der Waals surface area contributed by atoms with Crippen molar-refractivity contribution in [3.8, 4) is 5.69 Å². The van der Waals surface area contributed by atoms with Crippen LogP contribution in [-0.4, -0.2) is 38.3 Å². The molecule has 0 aliphatic carbocycles. The summed E-state index contributed by atoms with van der Waals surface area (Å²) in [6.07, 6.45) is 1.89. The number of benzene rings is 1.